The molecular formula is C16H28N2O3. The van der Waals surface area contributed by atoms with Crippen LogP contribution in [0, 0.1) is 5.92 Å². The highest BCUT2D eigenvalue weighted by atomic mass is 16.3. The molecule has 1 heterocycles. The number of hydrogen-bond acceptors (Lipinski definition) is 3. The Kier molecular flexibility index (Phi) is 5.62. The molecule has 5 nitrogen and oxygen atoms in total. The van der Waals surface area contributed by atoms with Crippen molar-refractivity contribution < 1.29 is 14.7 Å². The second kappa shape index (κ2) is 7.25. The van der Waals surface area contributed by atoms with Crippen molar-refractivity contribution in [3.63, 3.8) is 0 Å². The molecule has 0 radical (unpaired) electrons. The van der Waals surface area contributed by atoms with Crippen molar-refractivity contribution in [1.29, 1.82) is 0 Å². The van der Waals surface area contributed by atoms with Crippen LogP contribution in [0.3, 0.4) is 0 Å². The Hall–Kier alpha value is -1.10. The molecule has 1 aliphatic heterocycles. The van der Waals surface area contributed by atoms with Crippen LogP contribution in [-0.2, 0) is 9.59 Å². The van der Waals surface area contributed by atoms with E-state index in [2.05, 4.69) is 0 Å². The van der Waals surface area contributed by atoms with E-state index < -0.39 is 6.10 Å². The Balaban J connectivity index is 1.94. The number of likely N-dealkylation sites (tertiary alicyclic amines) is 1. The maximum Gasteiger partial charge on any atom is 0.245 e. The predicted molar refractivity (Wildman–Crippen MR) is 80.6 cm³/mol. The molecule has 2 fully saturated rings. The van der Waals surface area contributed by atoms with E-state index in [1.54, 1.807) is 16.8 Å². The van der Waals surface area contributed by atoms with Crippen LogP contribution in [0.25, 0.3) is 0 Å². The molecule has 0 aromatic carbocycles. The number of aliphatic hydroxyl groups excluding tert-OH is 1. The summed E-state index contributed by atoms with van der Waals surface area (Å²) in [6.07, 6.45) is 5.76. The van der Waals surface area contributed by atoms with Crippen molar-refractivity contribution in [1.82, 2.24) is 9.80 Å². The maximum absolute atomic E-state index is 12.6. The fraction of sp³-hybridized carbons (Fsp3) is 0.875. The summed E-state index contributed by atoms with van der Waals surface area (Å²) in [4.78, 5) is 28.2. The number of likely N-dealkylation sites (N-methyl/N-ethyl adjacent to an activating group) is 1. The largest absolute Gasteiger partial charge is 0.391 e. The van der Waals surface area contributed by atoms with Gasteiger partial charge in [-0.1, -0.05) is 6.92 Å². The van der Waals surface area contributed by atoms with E-state index in [9.17, 15) is 14.7 Å². The summed E-state index contributed by atoms with van der Waals surface area (Å²) in [6, 6.07) is -0.325. The normalized spacial score (nSPS) is 23.8. The fourth-order valence-electron chi connectivity index (χ4n) is 3.10. The third-order valence-corrected chi connectivity index (χ3v) is 4.58. The van der Waals surface area contributed by atoms with Crippen LogP contribution in [0.1, 0.15) is 51.9 Å². The van der Waals surface area contributed by atoms with E-state index in [-0.39, 0.29) is 17.9 Å². The van der Waals surface area contributed by atoms with Gasteiger partial charge in [0.05, 0.1) is 6.10 Å². The number of hydrogen-bond donors (Lipinski definition) is 1. The molecular weight excluding hydrogens is 268 g/mol. The average molecular weight is 296 g/mol. The molecule has 2 rings (SSSR count). The van der Waals surface area contributed by atoms with Gasteiger partial charge in [0, 0.05) is 26.6 Å². The summed E-state index contributed by atoms with van der Waals surface area (Å²) in [7, 11) is 1.74. The van der Waals surface area contributed by atoms with Crippen LogP contribution in [0.2, 0.25) is 0 Å². The molecule has 0 aromatic rings. The molecule has 1 saturated carbocycles. The Bertz CT molecular complexity index is 382. The quantitative estimate of drug-likeness (QED) is 0.806. The second-order valence-electron chi connectivity index (χ2n) is 6.47. The van der Waals surface area contributed by atoms with Crippen LogP contribution >= 0.6 is 0 Å². The van der Waals surface area contributed by atoms with Crippen LogP contribution in [0.5, 0.6) is 0 Å². The van der Waals surface area contributed by atoms with Gasteiger partial charge in [-0.05, 0) is 44.4 Å². The fourth-order valence-corrected chi connectivity index (χ4v) is 3.10. The minimum absolute atomic E-state index is 0.0150. The number of amides is 2. The molecule has 2 amide bonds. The third kappa shape index (κ3) is 4.19. The number of rotatable bonds is 6. The summed E-state index contributed by atoms with van der Waals surface area (Å²) in [5.41, 5.74) is 0. The number of aliphatic hydroxyl groups is 1. The van der Waals surface area contributed by atoms with Gasteiger partial charge in [-0.3, -0.25) is 9.59 Å². The van der Waals surface area contributed by atoms with E-state index in [0.717, 1.165) is 38.5 Å². The van der Waals surface area contributed by atoms with Crippen molar-refractivity contribution in [2.75, 3.05) is 20.1 Å². The Labute approximate surface area is 127 Å². The van der Waals surface area contributed by atoms with E-state index >= 15 is 0 Å². The molecule has 1 N–H and O–H groups in total. The van der Waals surface area contributed by atoms with E-state index in [1.807, 2.05) is 6.92 Å². The highest BCUT2D eigenvalue weighted by Crippen LogP contribution is 2.33. The molecule has 2 aliphatic rings. The molecule has 0 spiro atoms. The molecule has 21 heavy (non-hydrogen) atoms. The van der Waals surface area contributed by atoms with Gasteiger partial charge < -0.3 is 14.9 Å². The van der Waals surface area contributed by atoms with Gasteiger partial charge in [-0.25, -0.2) is 0 Å². The average Bonchev–Trinajstić information content (AvgIpc) is 3.31. The van der Waals surface area contributed by atoms with Crippen LogP contribution < -0.4 is 0 Å². The number of nitrogens with zero attached hydrogens (tertiary/aromatic N) is 2. The van der Waals surface area contributed by atoms with Crippen molar-refractivity contribution in [2.24, 2.45) is 5.92 Å². The van der Waals surface area contributed by atoms with Gasteiger partial charge >= 0.3 is 0 Å². The number of piperidine rings is 1. The van der Waals surface area contributed by atoms with E-state index in [4.69, 9.17) is 0 Å². The molecule has 2 unspecified atom stereocenters. The zero-order valence-corrected chi connectivity index (χ0v) is 13.3. The highest BCUT2D eigenvalue weighted by molar-refractivity contribution is 5.87. The van der Waals surface area contributed by atoms with Gasteiger partial charge in [-0.2, -0.15) is 0 Å². The van der Waals surface area contributed by atoms with Crippen molar-refractivity contribution >= 4 is 11.8 Å². The molecule has 5 heteroatoms. The minimum atomic E-state index is -0.415. The van der Waals surface area contributed by atoms with Crippen LogP contribution in [-0.4, -0.2) is 59.0 Å². The molecule has 0 bridgehead atoms. The summed E-state index contributed by atoms with van der Waals surface area (Å²) >= 11 is 0. The van der Waals surface area contributed by atoms with E-state index in [0.29, 0.717) is 25.4 Å². The molecule has 1 saturated heterocycles. The molecule has 2 atom stereocenters. The monoisotopic (exact) mass is 296 g/mol. The van der Waals surface area contributed by atoms with Gasteiger partial charge in [-0.15, -0.1) is 0 Å². The summed E-state index contributed by atoms with van der Waals surface area (Å²) in [5, 5.41) is 9.99. The first-order valence-corrected chi connectivity index (χ1v) is 8.27. The smallest absolute Gasteiger partial charge is 0.245 e. The van der Waals surface area contributed by atoms with Gasteiger partial charge in [0.1, 0.15) is 6.04 Å². The maximum atomic E-state index is 12.6. The lowest BCUT2D eigenvalue weighted by atomic mass is 10.00. The number of carbonyl (C=O) groups excluding carboxylic acids is 2. The molecule has 0 aromatic heterocycles. The standard InChI is InChI=1S/C16H28N2O3/c1-3-6-15(20)18-10-5-4-7-13(18)16(21)17(2)11-14(19)12-8-9-12/h12-14,19H,3-11H2,1-2H3. The first-order valence-electron chi connectivity index (χ1n) is 8.27. The topological polar surface area (TPSA) is 60.9 Å². The second-order valence-corrected chi connectivity index (χ2v) is 6.47. The first kappa shape index (κ1) is 16.3. The zero-order valence-electron chi connectivity index (χ0n) is 13.3. The van der Waals surface area contributed by atoms with Crippen LogP contribution in [0.15, 0.2) is 0 Å². The predicted octanol–water partition coefficient (Wildman–Crippen LogP) is 1.40. The Morgan fingerprint density at radius 1 is 1.29 bits per heavy atom. The van der Waals surface area contributed by atoms with Crippen molar-refractivity contribution in [2.45, 2.75) is 64.0 Å². The summed E-state index contributed by atoms with van der Waals surface area (Å²) in [5.74, 6) is 0.440. The SMILES string of the molecule is CCCC(=O)N1CCCCC1C(=O)N(C)CC(O)C1CC1. The third-order valence-electron chi connectivity index (χ3n) is 4.58. The lowest BCUT2D eigenvalue weighted by molar-refractivity contribution is -0.147. The summed E-state index contributed by atoms with van der Waals surface area (Å²) in [6.45, 7) is 3.06. The van der Waals surface area contributed by atoms with Crippen molar-refractivity contribution in [3.8, 4) is 0 Å². The highest BCUT2D eigenvalue weighted by Gasteiger charge is 2.36. The van der Waals surface area contributed by atoms with Gasteiger partial charge in [0.25, 0.3) is 0 Å². The van der Waals surface area contributed by atoms with Gasteiger partial charge in [0.2, 0.25) is 11.8 Å². The molecule has 120 valence electrons. The molecule has 1 aliphatic carbocycles. The zero-order chi connectivity index (χ0) is 15.4. The Morgan fingerprint density at radius 2 is 2.00 bits per heavy atom. The lowest BCUT2D eigenvalue weighted by Crippen LogP contribution is -2.53. The van der Waals surface area contributed by atoms with E-state index in [1.165, 1.54) is 0 Å². The number of carbonyl (C=O) groups is 2. The lowest BCUT2D eigenvalue weighted by Gasteiger charge is -2.37. The van der Waals surface area contributed by atoms with Crippen molar-refractivity contribution in [3.05, 3.63) is 0 Å². The Morgan fingerprint density at radius 3 is 2.62 bits per heavy atom. The minimum Gasteiger partial charge on any atom is -0.391 e. The van der Waals surface area contributed by atoms with Gasteiger partial charge in [0.15, 0.2) is 0 Å². The van der Waals surface area contributed by atoms with Crippen LogP contribution in [0.4, 0.5) is 0 Å². The first-order chi connectivity index (χ1) is 10.0. The summed E-state index contributed by atoms with van der Waals surface area (Å²) < 4.78 is 0.